The predicted molar refractivity (Wildman–Crippen MR) is 95.7 cm³/mol. The van der Waals surface area contributed by atoms with E-state index in [0.29, 0.717) is 5.69 Å². The van der Waals surface area contributed by atoms with Crippen LogP contribution in [0.15, 0.2) is 12.5 Å². The lowest BCUT2D eigenvalue weighted by Crippen LogP contribution is -2.58. The van der Waals surface area contributed by atoms with Crippen LogP contribution >= 0.6 is 0 Å². The zero-order valence-electron chi connectivity index (χ0n) is 15.3. The topological polar surface area (TPSA) is 243 Å². The van der Waals surface area contributed by atoms with Gasteiger partial charge in [0.25, 0.3) is 0 Å². The van der Waals surface area contributed by atoms with Crippen LogP contribution in [0.1, 0.15) is 12.1 Å². The number of nitrogens with zero attached hydrogens (tertiary/aromatic N) is 1. The Morgan fingerprint density at radius 2 is 1.76 bits per heavy atom. The molecule has 1 rings (SSSR count). The van der Waals surface area contributed by atoms with Gasteiger partial charge in [-0.1, -0.05) is 0 Å². The molecule has 0 spiro atoms. The van der Waals surface area contributed by atoms with Crippen LogP contribution in [0, 0.1) is 0 Å². The molecule has 4 amide bonds. The smallest absolute Gasteiger partial charge is 0.322 e. The second kappa shape index (κ2) is 11.4. The highest BCUT2D eigenvalue weighted by molar-refractivity contribution is 5.95. The van der Waals surface area contributed by atoms with Crippen molar-refractivity contribution in [1.29, 1.82) is 0 Å². The predicted octanol–water partition coefficient (Wildman–Crippen LogP) is -4.68. The maximum absolute atomic E-state index is 12.3. The third-order valence-electron chi connectivity index (χ3n) is 3.60. The summed E-state index contributed by atoms with van der Waals surface area (Å²) in [5, 5.41) is 24.3. The first-order chi connectivity index (χ1) is 13.6. The number of nitrogens with one attached hydrogen (secondary N) is 4. The Morgan fingerprint density at radius 1 is 1.10 bits per heavy atom. The van der Waals surface area contributed by atoms with Gasteiger partial charge < -0.3 is 42.6 Å². The van der Waals surface area contributed by atoms with Crippen LogP contribution < -0.4 is 27.4 Å². The number of rotatable bonds is 12. The largest absolute Gasteiger partial charge is 0.480 e. The summed E-state index contributed by atoms with van der Waals surface area (Å²) in [6.07, 6.45) is 2.34. The van der Waals surface area contributed by atoms with E-state index in [-0.39, 0.29) is 6.42 Å². The molecule has 1 aromatic heterocycles. The van der Waals surface area contributed by atoms with Crippen LogP contribution in [0.2, 0.25) is 0 Å². The van der Waals surface area contributed by atoms with Gasteiger partial charge in [-0.25, -0.2) is 4.98 Å². The van der Waals surface area contributed by atoms with Crippen molar-refractivity contribution in [2.75, 3.05) is 13.2 Å². The number of hydrogen-bond acceptors (Lipinski definition) is 8. The molecule has 0 fully saturated rings. The average Bonchev–Trinajstić information content (AvgIpc) is 3.15. The molecule has 0 saturated carbocycles. The van der Waals surface area contributed by atoms with Crippen LogP contribution in [-0.4, -0.2) is 81.1 Å². The van der Waals surface area contributed by atoms with E-state index in [4.69, 9.17) is 16.6 Å². The number of aromatic amines is 1. The van der Waals surface area contributed by atoms with Gasteiger partial charge in [-0.3, -0.25) is 24.0 Å². The summed E-state index contributed by atoms with van der Waals surface area (Å²) < 4.78 is 0. The van der Waals surface area contributed by atoms with Crippen LogP contribution in [0.4, 0.5) is 0 Å². The van der Waals surface area contributed by atoms with Gasteiger partial charge in [-0.2, -0.15) is 0 Å². The number of imidazole rings is 1. The van der Waals surface area contributed by atoms with E-state index >= 15 is 0 Å². The second-order valence-electron chi connectivity index (χ2n) is 5.97. The first-order valence-electron chi connectivity index (χ1n) is 8.36. The number of aromatic nitrogens is 2. The van der Waals surface area contributed by atoms with Crippen LogP contribution in [0.5, 0.6) is 0 Å². The van der Waals surface area contributed by atoms with Gasteiger partial charge in [0.1, 0.15) is 18.6 Å². The Labute approximate surface area is 164 Å². The summed E-state index contributed by atoms with van der Waals surface area (Å²) in [7, 11) is 0. The van der Waals surface area contributed by atoms with Gasteiger partial charge in [0.2, 0.25) is 23.6 Å². The fraction of sp³-hybridized carbons (Fsp3) is 0.467. The molecule has 0 aliphatic heterocycles. The lowest BCUT2D eigenvalue weighted by atomic mass is 10.1. The molecule has 0 aromatic carbocycles. The molecule has 0 aliphatic rings. The van der Waals surface area contributed by atoms with E-state index in [2.05, 4.69) is 20.6 Å². The van der Waals surface area contributed by atoms with Gasteiger partial charge in [0.05, 0.1) is 25.4 Å². The van der Waals surface area contributed by atoms with Crippen molar-refractivity contribution in [2.24, 2.45) is 11.5 Å². The van der Waals surface area contributed by atoms with Crippen molar-refractivity contribution >= 4 is 29.6 Å². The molecule has 14 nitrogen and oxygen atoms in total. The Hall–Kier alpha value is -3.52. The molecule has 3 atom stereocenters. The Balaban J connectivity index is 2.71. The molecular weight excluding hydrogens is 390 g/mol. The van der Waals surface area contributed by atoms with Crippen molar-refractivity contribution < 1.29 is 34.2 Å². The molecule has 3 unspecified atom stereocenters. The minimum absolute atomic E-state index is 0.0908. The normalized spacial score (nSPS) is 13.6. The fourth-order valence-corrected chi connectivity index (χ4v) is 2.17. The zero-order valence-corrected chi connectivity index (χ0v) is 15.3. The molecule has 1 aromatic rings. The number of amides is 4. The Kier molecular flexibility index (Phi) is 9.21. The minimum atomic E-state index is -1.50. The zero-order chi connectivity index (χ0) is 22.0. The Bertz CT molecular complexity index is 737. The highest BCUT2D eigenvalue weighted by Gasteiger charge is 2.29. The number of primary amides is 1. The SMILES string of the molecule is NC(=O)CC(NC(=O)C(CO)NC(=O)C(N)Cc1cnc[nH]1)C(=O)NCC(=O)O. The number of carbonyl (C=O) groups is 5. The molecule has 14 heteroatoms. The van der Waals surface area contributed by atoms with Crippen LogP contribution in [0.3, 0.4) is 0 Å². The molecular formula is C15H23N7O7. The van der Waals surface area contributed by atoms with E-state index in [9.17, 15) is 29.1 Å². The molecule has 1 heterocycles. The number of aliphatic hydroxyl groups is 1. The number of carboxylic acid groups (broad SMARTS) is 1. The molecule has 29 heavy (non-hydrogen) atoms. The highest BCUT2D eigenvalue weighted by atomic mass is 16.4. The van der Waals surface area contributed by atoms with Crippen molar-refractivity contribution in [3.63, 3.8) is 0 Å². The average molecular weight is 413 g/mol. The van der Waals surface area contributed by atoms with Gasteiger partial charge in [0.15, 0.2) is 0 Å². The summed E-state index contributed by atoms with van der Waals surface area (Å²) in [4.78, 5) is 64.6. The van der Waals surface area contributed by atoms with Crippen molar-refractivity contribution in [3.05, 3.63) is 18.2 Å². The third-order valence-corrected chi connectivity index (χ3v) is 3.60. The van der Waals surface area contributed by atoms with Crippen LogP contribution in [0.25, 0.3) is 0 Å². The van der Waals surface area contributed by atoms with E-state index in [0.717, 1.165) is 0 Å². The van der Waals surface area contributed by atoms with Crippen LogP contribution in [-0.2, 0) is 30.4 Å². The maximum atomic E-state index is 12.3. The summed E-state index contributed by atoms with van der Waals surface area (Å²) in [5.74, 6) is -5.00. The second-order valence-corrected chi connectivity index (χ2v) is 5.97. The van der Waals surface area contributed by atoms with Gasteiger partial charge in [-0.15, -0.1) is 0 Å². The fourth-order valence-electron chi connectivity index (χ4n) is 2.17. The number of aliphatic hydroxyl groups excluding tert-OH is 1. The van der Waals surface area contributed by atoms with E-state index in [1.807, 2.05) is 5.32 Å². The number of carbonyl (C=O) groups excluding carboxylic acids is 4. The summed E-state index contributed by atoms with van der Waals surface area (Å²) in [6, 6.07) is -4.03. The summed E-state index contributed by atoms with van der Waals surface area (Å²) >= 11 is 0. The third kappa shape index (κ3) is 8.35. The maximum Gasteiger partial charge on any atom is 0.322 e. The van der Waals surface area contributed by atoms with Gasteiger partial charge >= 0.3 is 5.97 Å². The standard InChI is InChI=1S/C15H23N7O7/c16-8(1-7-3-18-6-20-7)13(27)22-10(5-23)15(29)21-9(2-11(17)24)14(28)19-4-12(25)26/h3,6,8-10,23H,1-2,4-5,16H2,(H2,17,24)(H,18,20)(H,19,28)(H,21,29)(H,22,27)(H,25,26). The quantitative estimate of drug-likeness (QED) is 0.164. The highest BCUT2D eigenvalue weighted by Crippen LogP contribution is 1.99. The number of H-pyrrole nitrogens is 1. The minimum Gasteiger partial charge on any atom is -0.480 e. The van der Waals surface area contributed by atoms with Crippen molar-refractivity contribution in [1.82, 2.24) is 25.9 Å². The monoisotopic (exact) mass is 413 g/mol. The first kappa shape index (κ1) is 23.5. The lowest BCUT2D eigenvalue weighted by Gasteiger charge is -2.22. The lowest BCUT2D eigenvalue weighted by molar-refractivity contribution is -0.139. The van der Waals surface area contributed by atoms with E-state index in [1.165, 1.54) is 12.5 Å². The Morgan fingerprint density at radius 3 is 2.28 bits per heavy atom. The molecule has 0 radical (unpaired) electrons. The van der Waals surface area contributed by atoms with Crippen molar-refractivity contribution in [3.8, 4) is 0 Å². The summed E-state index contributed by atoms with van der Waals surface area (Å²) in [6.45, 7) is -1.57. The molecule has 0 bridgehead atoms. The van der Waals surface area contributed by atoms with Crippen molar-refractivity contribution in [2.45, 2.75) is 31.0 Å². The molecule has 10 N–H and O–H groups in total. The van der Waals surface area contributed by atoms with Gasteiger partial charge in [-0.05, 0) is 0 Å². The molecule has 160 valence electrons. The number of nitrogens with two attached hydrogens (primary N) is 2. The number of hydrogen-bond donors (Lipinski definition) is 8. The van der Waals surface area contributed by atoms with E-state index < -0.39 is 67.3 Å². The number of aliphatic carboxylic acids is 1. The summed E-state index contributed by atoms with van der Waals surface area (Å²) in [5.41, 5.74) is 11.3. The molecule has 0 aliphatic carbocycles. The van der Waals surface area contributed by atoms with E-state index in [1.54, 1.807) is 0 Å². The first-order valence-corrected chi connectivity index (χ1v) is 8.36. The van der Waals surface area contributed by atoms with Gasteiger partial charge in [0, 0.05) is 18.3 Å². The molecule has 0 saturated heterocycles. The number of carboxylic acids is 1.